The second-order valence-corrected chi connectivity index (χ2v) is 6.90. The number of benzene rings is 1. The summed E-state index contributed by atoms with van der Waals surface area (Å²) in [5.74, 6) is 0.691. The average Bonchev–Trinajstić information content (AvgIpc) is 2.83. The maximum absolute atomic E-state index is 13.0. The molecule has 4 nitrogen and oxygen atoms in total. The van der Waals surface area contributed by atoms with Crippen molar-refractivity contribution in [1.82, 2.24) is 14.0 Å². The van der Waals surface area contributed by atoms with Gasteiger partial charge in [-0.25, -0.2) is 4.79 Å². The van der Waals surface area contributed by atoms with Gasteiger partial charge in [-0.2, -0.15) is 0 Å². The first-order chi connectivity index (χ1) is 10.3. The standard InChI is InChI=1S/C17H21N3O/c21-17-19-8-2-4-13-3-1-5-14(16(13)19)20(17)15-11-18-9-6-12(15)7-10-18/h1,3,5,12,15H,2,4,6-11H2. The molecule has 2 bridgehead atoms. The van der Waals surface area contributed by atoms with Gasteiger partial charge in [0.15, 0.2) is 0 Å². The van der Waals surface area contributed by atoms with E-state index in [1.54, 1.807) is 0 Å². The lowest BCUT2D eigenvalue weighted by Gasteiger charge is -2.45. The number of fused-ring (bicyclic) bond motifs is 3. The van der Waals surface area contributed by atoms with Crippen molar-refractivity contribution >= 4 is 11.0 Å². The molecule has 1 unspecified atom stereocenters. The van der Waals surface area contributed by atoms with Gasteiger partial charge in [-0.15, -0.1) is 0 Å². The van der Waals surface area contributed by atoms with Crippen LogP contribution in [0.15, 0.2) is 23.0 Å². The number of nitrogens with zero attached hydrogens (tertiary/aromatic N) is 3. The van der Waals surface area contributed by atoms with E-state index >= 15 is 0 Å². The van der Waals surface area contributed by atoms with Gasteiger partial charge in [-0.05, 0) is 56.3 Å². The third-order valence-electron chi connectivity index (χ3n) is 5.85. The Hall–Kier alpha value is -1.55. The van der Waals surface area contributed by atoms with Crippen LogP contribution in [0.3, 0.4) is 0 Å². The summed E-state index contributed by atoms with van der Waals surface area (Å²) in [6.07, 6.45) is 4.71. The van der Waals surface area contributed by atoms with E-state index in [0.29, 0.717) is 12.0 Å². The molecule has 0 spiro atoms. The molecule has 110 valence electrons. The van der Waals surface area contributed by atoms with Gasteiger partial charge in [0.25, 0.3) is 0 Å². The molecule has 0 N–H and O–H groups in total. The van der Waals surface area contributed by atoms with Crippen molar-refractivity contribution in [3.8, 4) is 0 Å². The minimum Gasteiger partial charge on any atom is -0.301 e. The lowest BCUT2D eigenvalue weighted by atomic mass is 9.84. The Morgan fingerprint density at radius 3 is 2.71 bits per heavy atom. The average molecular weight is 283 g/mol. The van der Waals surface area contributed by atoms with Crippen LogP contribution in [-0.4, -0.2) is 33.7 Å². The number of aryl methyl sites for hydroxylation is 2. The molecule has 2 aromatic rings. The molecule has 0 radical (unpaired) electrons. The third kappa shape index (κ3) is 1.57. The Labute approximate surface area is 124 Å². The van der Waals surface area contributed by atoms with E-state index in [1.807, 2.05) is 4.57 Å². The second kappa shape index (κ2) is 4.23. The largest absolute Gasteiger partial charge is 0.329 e. The maximum atomic E-state index is 13.0. The predicted molar refractivity (Wildman–Crippen MR) is 82.7 cm³/mol. The Balaban J connectivity index is 1.76. The molecule has 0 aliphatic carbocycles. The van der Waals surface area contributed by atoms with Crippen molar-refractivity contribution in [2.24, 2.45) is 5.92 Å². The normalized spacial score (nSPS) is 31.0. The first-order valence-electron chi connectivity index (χ1n) is 8.28. The zero-order valence-electron chi connectivity index (χ0n) is 12.3. The smallest absolute Gasteiger partial charge is 0.301 e. The van der Waals surface area contributed by atoms with Gasteiger partial charge in [-0.1, -0.05) is 12.1 Å². The highest BCUT2D eigenvalue weighted by Crippen LogP contribution is 2.37. The number of hydrogen-bond acceptors (Lipinski definition) is 2. The Kier molecular flexibility index (Phi) is 2.42. The number of para-hydroxylation sites is 1. The van der Waals surface area contributed by atoms with Crippen molar-refractivity contribution in [2.75, 3.05) is 19.6 Å². The molecule has 4 heteroatoms. The highest BCUT2D eigenvalue weighted by molar-refractivity contribution is 5.80. The van der Waals surface area contributed by atoms with Crippen LogP contribution >= 0.6 is 0 Å². The summed E-state index contributed by atoms with van der Waals surface area (Å²) < 4.78 is 4.17. The van der Waals surface area contributed by atoms with Crippen LogP contribution in [-0.2, 0) is 13.0 Å². The zero-order valence-corrected chi connectivity index (χ0v) is 12.3. The molecule has 4 aliphatic rings. The zero-order chi connectivity index (χ0) is 14.0. The monoisotopic (exact) mass is 283 g/mol. The lowest BCUT2D eigenvalue weighted by molar-refractivity contribution is 0.0570. The van der Waals surface area contributed by atoms with Crippen LogP contribution in [0, 0.1) is 5.92 Å². The molecule has 1 atom stereocenters. The van der Waals surface area contributed by atoms with E-state index < -0.39 is 0 Å². The topological polar surface area (TPSA) is 30.2 Å². The SMILES string of the molecule is O=c1n2c3c(cccc3n1C1CN3CCC1CC3)CCC2. The van der Waals surface area contributed by atoms with Crippen LogP contribution < -0.4 is 5.69 Å². The third-order valence-corrected chi connectivity index (χ3v) is 5.85. The minimum atomic E-state index is 0.232. The van der Waals surface area contributed by atoms with Crippen LogP contribution in [0.4, 0.5) is 0 Å². The molecule has 3 saturated heterocycles. The highest BCUT2D eigenvalue weighted by atomic mass is 16.1. The molecule has 4 aliphatic heterocycles. The van der Waals surface area contributed by atoms with Gasteiger partial charge >= 0.3 is 5.69 Å². The van der Waals surface area contributed by atoms with E-state index in [-0.39, 0.29) is 5.69 Å². The number of aromatic nitrogens is 2. The number of rotatable bonds is 1. The Morgan fingerprint density at radius 2 is 1.95 bits per heavy atom. The van der Waals surface area contributed by atoms with Crippen LogP contribution in [0.2, 0.25) is 0 Å². The molecule has 6 rings (SSSR count). The van der Waals surface area contributed by atoms with Crippen molar-refractivity contribution < 1.29 is 0 Å². The molecule has 21 heavy (non-hydrogen) atoms. The summed E-state index contributed by atoms with van der Waals surface area (Å²) in [5.41, 5.74) is 3.98. The number of imidazole rings is 1. The summed E-state index contributed by atoms with van der Waals surface area (Å²) in [7, 11) is 0. The first kappa shape index (κ1) is 12.0. The van der Waals surface area contributed by atoms with Gasteiger partial charge in [0.05, 0.1) is 17.1 Å². The van der Waals surface area contributed by atoms with E-state index in [1.165, 1.54) is 42.5 Å². The molecule has 0 saturated carbocycles. The molecule has 3 fully saturated rings. The van der Waals surface area contributed by atoms with Gasteiger partial charge in [0.1, 0.15) is 0 Å². The maximum Gasteiger partial charge on any atom is 0.329 e. The van der Waals surface area contributed by atoms with Crippen LogP contribution in [0.5, 0.6) is 0 Å². The molecule has 5 heterocycles. The molecular formula is C17H21N3O. The molecule has 0 amide bonds. The second-order valence-electron chi connectivity index (χ2n) is 6.90. The number of hydrogen-bond donors (Lipinski definition) is 0. The molecule has 1 aromatic heterocycles. The van der Waals surface area contributed by atoms with Crippen LogP contribution in [0.1, 0.15) is 30.9 Å². The van der Waals surface area contributed by atoms with Crippen molar-refractivity contribution in [2.45, 2.75) is 38.3 Å². The van der Waals surface area contributed by atoms with E-state index in [0.717, 1.165) is 25.9 Å². The van der Waals surface area contributed by atoms with Gasteiger partial charge in [0.2, 0.25) is 0 Å². The summed E-state index contributed by atoms with van der Waals surface area (Å²) in [5, 5.41) is 0. The van der Waals surface area contributed by atoms with E-state index in [9.17, 15) is 4.79 Å². The molecular weight excluding hydrogens is 262 g/mol. The van der Waals surface area contributed by atoms with E-state index in [2.05, 4.69) is 27.7 Å². The van der Waals surface area contributed by atoms with Gasteiger partial charge < -0.3 is 4.90 Å². The first-order valence-corrected chi connectivity index (χ1v) is 8.28. The summed E-state index contributed by atoms with van der Waals surface area (Å²) in [6.45, 7) is 4.40. The lowest BCUT2D eigenvalue weighted by Crippen LogP contribution is -2.50. The fourth-order valence-corrected chi connectivity index (χ4v) is 4.80. The minimum absolute atomic E-state index is 0.232. The Morgan fingerprint density at radius 1 is 1.10 bits per heavy atom. The quantitative estimate of drug-likeness (QED) is 0.801. The van der Waals surface area contributed by atoms with Crippen LogP contribution in [0.25, 0.3) is 11.0 Å². The van der Waals surface area contributed by atoms with Crippen molar-refractivity contribution in [3.63, 3.8) is 0 Å². The van der Waals surface area contributed by atoms with Gasteiger partial charge in [-0.3, -0.25) is 9.13 Å². The number of piperidine rings is 3. The van der Waals surface area contributed by atoms with Crippen molar-refractivity contribution in [1.29, 1.82) is 0 Å². The van der Waals surface area contributed by atoms with Crippen molar-refractivity contribution in [3.05, 3.63) is 34.2 Å². The fraction of sp³-hybridized carbons (Fsp3) is 0.588. The van der Waals surface area contributed by atoms with E-state index in [4.69, 9.17) is 0 Å². The van der Waals surface area contributed by atoms with Gasteiger partial charge in [0, 0.05) is 13.1 Å². The summed E-state index contributed by atoms with van der Waals surface area (Å²) >= 11 is 0. The predicted octanol–water partition coefficient (Wildman–Crippen LogP) is 2.02. The Bertz CT molecular complexity index is 764. The fourth-order valence-electron chi connectivity index (χ4n) is 4.80. The highest BCUT2D eigenvalue weighted by Gasteiger charge is 2.37. The summed E-state index contributed by atoms with van der Waals surface area (Å²) in [4.78, 5) is 15.5. The summed E-state index contributed by atoms with van der Waals surface area (Å²) in [6, 6.07) is 6.86. The molecule has 1 aromatic carbocycles.